The summed E-state index contributed by atoms with van der Waals surface area (Å²) in [6.45, 7) is 4.48. The minimum atomic E-state index is 0.518. The molecule has 1 saturated carbocycles. The lowest BCUT2D eigenvalue weighted by Crippen LogP contribution is -2.08. The monoisotopic (exact) mass is 345 g/mol. The largest absolute Gasteiger partial charge is 0.439 e. The third-order valence-electron chi connectivity index (χ3n) is 5.49. The van der Waals surface area contributed by atoms with E-state index in [-0.39, 0.29) is 0 Å². The van der Waals surface area contributed by atoms with E-state index in [0.29, 0.717) is 17.7 Å². The summed E-state index contributed by atoms with van der Waals surface area (Å²) in [7, 11) is 0. The molecule has 2 nitrogen and oxygen atoms in total. The van der Waals surface area contributed by atoms with Gasteiger partial charge in [0, 0.05) is 17.4 Å². The molecule has 2 heteroatoms. The Labute approximate surface area is 156 Å². The van der Waals surface area contributed by atoms with Crippen LogP contribution in [0.15, 0.2) is 54.6 Å². The van der Waals surface area contributed by atoms with Gasteiger partial charge in [-0.3, -0.25) is 0 Å². The Balaban J connectivity index is 1.80. The lowest BCUT2D eigenvalue weighted by Gasteiger charge is -2.23. The molecule has 0 radical (unpaired) electrons. The number of rotatable bonds is 4. The second-order valence-electron chi connectivity index (χ2n) is 7.73. The highest BCUT2D eigenvalue weighted by Gasteiger charge is 2.21. The van der Waals surface area contributed by atoms with Crippen LogP contribution in [0.5, 0.6) is 11.6 Å². The van der Waals surface area contributed by atoms with Gasteiger partial charge in [0.2, 0.25) is 5.88 Å². The molecule has 0 bridgehead atoms. The van der Waals surface area contributed by atoms with Gasteiger partial charge in [0.15, 0.2) is 0 Å². The van der Waals surface area contributed by atoms with Gasteiger partial charge in [-0.15, -0.1) is 0 Å². The molecule has 1 aliphatic rings. The minimum Gasteiger partial charge on any atom is -0.439 e. The Morgan fingerprint density at radius 2 is 1.69 bits per heavy atom. The topological polar surface area (TPSA) is 22.1 Å². The molecule has 0 N–H and O–H groups in total. The van der Waals surface area contributed by atoms with Gasteiger partial charge >= 0.3 is 0 Å². The van der Waals surface area contributed by atoms with Crippen molar-refractivity contribution in [2.24, 2.45) is 0 Å². The highest BCUT2D eigenvalue weighted by molar-refractivity contribution is 5.86. The highest BCUT2D eigenvalue weighted by Crippen LogP contribution is 2.38. The molecule has 26 heavy (non-hydrogen) atoms. The molecule has 1 fully saturated rings. The smallest absolute Gasteiger partial charge is 0.220 e. The fraction of sp³-hybridized carbons (Fsp3) is 0.375. The Hall–Kier alpha value is -2.35. The summed E-state index contributed by atoms with van der Waals surface area (Å²) in [5.41, 5.74) is 2.59. The van der Waals surface area contributed by atoms with Crippen molar-refractivity contribution in [2.75, 3.05) is 0 Å². The summed E-state index contributed by atoms with van der Waals surface area (Å²) in [5.74, 6) is 2.62. The molecular weight excluding hydrogens is 318 g/mol. The van der Waals surface area contributed by atoms with Gasteiger partial charge in [-0.05, 0) is 41.8 Å². The SMILES string of the molecule is CC(C)c1ccc2c(C3CCCCC3)nc(Oc3ccccc3)cc2c1. The number of pyridine rings is 1. The molecule has 134 valence electrons. The van der Waals surface area contributed by atoms with E-state index < -0.39 is 0 Å². The van der Waals surface area contributed by atoms with Crippen molar-refractivity contribution in [3.8, 4) is 11.6 Å². The first-order valence-corrected chi connectivity index (χ1v) is 9.88. The summed E-state index contributed by atoms with van der Waals surface area (Å²) in [4.78, 5) is 4.97. The molecule has 2 aromatic carbocycles. The van der Waals surface area contributed by atoms with Crippen LogP contribution in [0.3, 0.4) is 0 Å². The molecule has 0 atom stereocenters. The lowest BCUT2D eigenvalue weighted by molar-refractivity contribution is 0.426. The fourth-order valence-corrected chi connectivity index (χ4v) is 3.99. The summed E-state index contributed by atoms with van der Waals surface area (Å²) >= 11 is 0. The number of benzene rings is 2. The van der Waals surface area contributed by atoms with Crippen LogP contribution in [0.4, 0.5) is 0 Å². The third kappa shape index (κ3) is 3.60. The molecule has 0 spiro atoms. The quantitative estimate of drug-likeness (QED) is 0.499. The number of aromatic nitrogens is 1. The first-order chi connectivity index (χ1) is 12.7. The van der Waals surface area contributed by atoms with E-state index in [2.05, 4.69) is 38.1 Å². The Morgan fingerprint density at radius 1 is 0.923 bits per heavy atom. The van der Waals surface area contributed by atoms with E-state index in [1.807, 2.05) is 30.3 Å². The number of nitrogens with zero attached hydrogens (tertiary/aromatic N) is 1. The molecule has 1 heterocycles. The van der Waals surface area contributed by atoms with Crippen LogP contribution >= 0.6 is 0 Å². The van der Waals surface area contributed by atoms with Crippen LogP contribution in [0.1, 0.15) is 69.0 Å². The first kappa shape index (κ1) is 17.1. The van der Waals surface area contributed by atoms with E-state index in [4.69, 9.17) is 9.72 Å². The van der Waals surface area contributed by atoms with Gasteiger partial charge < -0.3 is 4.74 Å². The van der Waals surface area contributed by atoms with Crippen molar-refractivity contribution in [3.05, 3.63) is 65.9 Å². The zero-order valence-corrected chi connectivity index (χ0v) is 15.7. The molecule has 3 aromatic rings. The highest BCUT2D eigenvalue weighted by atomic mass is 16.5. The molecule has 0 saturated heterocycles. The Bertz CT molecular complexity index is 879. The molecule has 1 aliphatic carbocycles. The number of fused-ring (bicyclic) bond motifs is 1. The fourth-order valence-electron chi connectivity index (χ4n) is 3.99. The van der Waals surface area contributed by atoms with E-state index in [0.717, 1.165) is 5.75 Å². The van der Waals surface area contributed by atoms with Crippen molar-refractivity contribution in [2.45, 2.75) is 57.8 Å². The molecule has 1 aromatic heterocycles. The summed E-state index contributed by atoms with van der Waals surface area (Å²) in [5, 5.41) is 2.54. The maximum Gasteiger partial charge on any atom is 0.220 e. The van der Waals surface area contributed by atoms with Crippen LogP contribution in [-0.2, 0) is 0 Å². The Kier molecular flexibility index (Phi) is 4.92. The van der Waals surface area contributed by atoms with Gasteiger partial charge in [0.25, 0.3) is 0 Å². The van der Waals surface area contributed by atoms with E-state index in [9.17, 15) is 0 Å². The van der Waals surface area contributed by atoms with Crippen LogP contribution in [0, 0.1) is 0 Å². The average molecular weight is 345 g/mol. The van der Waals surface area contributed by atoms with Gasteiger partial charge in [0.05, 0.1) is 5.69 Å². The Morgan fingerprint density at radius 3 is 2.42 bits per heavy atom. The van der Waals surface area contributed by atoms with Crippen LogP contribution in [-0.4, -0.2) is 4.98 Å². The lowest BCUT2D eigenvalue weighted by atomic mass is 9.84. The minimum absolute atomic E-state index is 0.518. The number of para-hydroxylation sites is 1. The summed E-state index contributed by atoms with van der Waals surface area (Å²) < 4.78 is 6.11. The molecule has 0 aliphatic heterocycles. The van der Waals surface area contributed by atoms with Crippen molar-refractivity contribution < 1.29 is 4.74 Å². The number of ether oxygens (including phenoxy) is 1. The third-order valence-corrected chi connectivity index (χ3v) is 5.49. The second kappa shape index (κ2) is 7.49. The van der Waals surface area contributed by atoms with Crippen LogP contribution in [0.2, 0.25) is 0 Å². The maximum atomic E-state index is 6.11. The van der Waals surface area contributed by atoms with Gasteiger partial charge in [-0.25, -0.2) is 4.98 Å². The normalized spacial score (nSPS) is 15.5. The van der Waals surface area contributed by atoms with Crippen molar-refractivity contribution in [3.63, 3.8) is 0 Å². The standard InChI is InChI=1S/C24H27NO/c1-17(2)19-13-14-22-20(15-19)16-23(26-21-11-7-4-8-12-21)25-24(22)18-9-5-3-6-10-18/h4,7-8,11-18H,3,5-6,9-10H2,1-2H3. The number of hydrogen-bond donors (Lipinski definition) is 0. The van der Waals surface area contributed by atoms with E-state index in [1.54, 1.807) is 0 Å². The van der Waals surface area contributed by atoms with E-state index in [1.165, 1.54) is 54.1 Å². The summed E-state index contributed by atoms with van der Waals surface area (Å²) in [6, 6.07) is 18.9. The maximum absolute atomic E-state index is 6.11. The molecular formula is C24H27NO. The average Bonchev–Trinajstić information content (AvgIpc) is 2.68. The van der Waals surface area contributed by atoms with Crippen molar-refractivity contribution >= 4 is 10.8 Å². The zero-order valence-electron chi connectivity index (χ0n) is 15.7. The molecule has 0 amide bonds. The molecule has 4 rings (SSSR count). The van der Waals surface area contributed by atoms with Crippen LogP contribution in [0.25, 0.3) is 10.8 Å². The number of hydrogen-bond acceptors (Lipinski definition) is 2. The van der Waals surface area contributed by atoms with Crippen molar-refractivity contribution in [1.82, 2.24) is 4.98 Å². The summed E-state index contributed by atoms with van der Waals surface area (Å²) in [6.07, 6.45) is 6.45. The molecule has 0 unspecified atom stereocenters. The zero-order chi connectivity index (χ0) is 17.9. The predicted octanol–water partition coefficient (Wildman–Crippen LogP) is 7.20. The van der Waals surface area contributed by atoms with E-state index >= 15 is 0 Å². The van der Waals surface area contributed by atoms with Crippen molar-refractivity contribution in [1.29, 1.82) is 0 Å². The van der Waals surface area contributed by atoms with Gasteiger partial charge in [-0.1, -0.05) is 69.5 Å². The second-order valence-corrected chi connectivity index (χ2v) is 7.73. The van der Waals surface area contributed by atoms with Gasteiger partial charge in [-0.2, -0.15) is 0 Å². The predicted molar refractivity (Wildman–Crippen MR) is 108 cm³/mol. The van der Waals surface area contributed by atoms with Gasteiger partial charge in [0.1, 0.15) is 5.75 Å². The van der Waals surface area contributed by atoms with Crippen LogP contribution < -0.4 is 4.74 Å². The first-order valence-electron chi connectivity index (χ1n) is 9.88.